The number of aryl methyl sites for hydroxylation is 1. The Hall–Kier alpha value is -0.980. The van der Waals surface area contributed by atoms with E-state index in [0.29, 0.717) is 17.8 Å². The van der Waals surface area contributed by atoms with Crippen molar-refractivity contribution in [1.82, 2.24) is 20.0 Å². The van der Waals surface area contributed by atoms with Gasteiger partial charge in [0.25, 0.3) is 0 Å². The molecule has 2 atom stereocenters. The molecule has 0 aliphatic carbocycles. The normalized spacial score (nSPS) is 27.8. The number of nitrogens with zero attached hydrogens (tertiary/aromatic N) is 4. The van der Waals surface area contributed by atoms with Gasteiger partial charge in [-0.15, -0.1) is 10.2 Å². The van der Waals surface area contributed by atoms with Crippen molar-refractivity contribution in [2.75, 3.05) is 39.9 Å². The molecule has 1 aromatic rings. The predicted octanol–water partition coefficient (Wildman–Crippen LogP) is 0.921. The lowest BCUT2D eigenvalue weighted by atomic mass is 10.1. The summed E-state index contributed by atoms with van der Waals surface area (Å²) in [7, 11) is 2.15. The first-order valence-electron chi connectivity index (χ1n) is 7.50. The number of likely N-dealkylation sites (tertiary alicyclic amines) is 1. The summed E-state index contributed by atoms with van der Waals surface area (Å²) in [6.45, 7) is 7.97. The van der Waals surface area contributed by atoms with Crippen molar-refractivity contribution in [3.63, 3.8) is 0 Å². The lowest BCUT2D eigenvalue weighted by Crippen LogP contribution is -2.35. The van der Waals surface area contributed by atoms with Gasteiger partial charge in [0.2, 0.25) is 11.8 Å². The minimum Gasteiger partial charge on any atom is -0.424 e. The van der Waals surface area contributed by atoms with E-state index in [0.717, 1.165) is 32.2 Å². The molecule has 20 heavy (non-hydrogen) atoms. The molecule has 2 fully saturated rings. The predicted molar refractivity (Wildman–Crippen MR) is 74.3 cm³/mol. The van der Waals surface area contributed by atoms with E-state index in [1.807, 2.05) is 6.92 Å². The minimum absolute atomic E-state index is 0.588. The van der Waals surface area contributed by atoms with E-state index in [-0.39, 0.29) is 0 Å². The van der Waals surface area contributed by atoms with Crippen molar-refractivity contribution in [2.24, 2.45) is 5.92 Å². The van der Waals surface area contributed by atoms with Crippen LogP contribution in [0.25, 0.3) is 0 Å². The highest BCUT2D eigenvalue weighted by atomic mass is 16.5. The molecule has 0 saturated carbocycles. The van der Waals surface area contributed by atoms with Crippen LogP contribution in [0.3, 0.4) is 0 Å². The van der Waals surface area contributed by atoms with Crippen molar-refractivity contribution < 1.29 is 9.15 Å². The Morgan fingerprint density at radius 2 is 2.25 bits per heavy atom. The van der Waals surface area contributed by atoms with E-state index >= 15 is 0 Å². The molecule has 3 rings (SSSR count). The van der Waals surface area contributed by atoms with Crippen LogP contribution in [0.1, 0.15) is 24.6 Å². The van der Waals surface area contributed by atoms with Gasteiger partial charge < -0.3 is 14.1 Å². The first-order valence-corrected chi connectivity index (χ1v) is 7.50. The van der Waals surface area contributed by atoms with Gasteiger partial charge in [0.1, 0.15) is 0 Å². The molecular formula is C14H24N4O2. The molecule has 2 saturated heterocycles. The molecule has 0 aromatic carbocycles. The molecule has 3 heterocycles. The van der Waals surface area contributed by atoms with Gasteiger partial charge in [-0.3, -0.25) is 4.90 Å². The number of hydrogen-bond donors (Lipinski definition) is 0. The van der Waals surface area contributed by atoms with Crippen molar-refractivity contribution in [3.8, 4) is 0 Å². The summed E-state index contributed by atoms with van der Waals surface area (Å²) in [6, 6.07) is 0.588. The Morgan fingerprint density at radius 3 is 2.95 bits per heavy atom. The molecule has 0 unspecified atom stereocenters. The summed E-state index contributed by atoms with van der Waals surface area (Å²) in [5.74, 6) is 2.09. The summed E-state index contributed by atoms with van der Waals surface area (Å²) >= 11 is 0. The van der Waals surface area contributed by atoms with Crippen LogP contribution < -0.4 is 0 Å². The monoisotopic (exact) mass is 280 g/mol. The highest BCUT2D eigenvalue weighted by Crippen LogP contribution is 2.20. The number of ether oxygens (including phenoxy) is 1. The zero-order valence-corrected chi connectivity index (χ0v) is 12.4. The fraction of sp³-hybridized carbons (Fsp3) is 0.857. The van der Waals surface area contributed by atoms with Gasteiger partial charge in [0.15, 0.2) is 0 Å². The van der Waals surface area contributed by atoms with Gasteiger partial charge >= 0.3 is 0 Å². The summed E-state index contributed by atoms with van der Waals surface area (Å²) in [5.41, 5.74) is 0. The highest BCUT2D eigenvalue weighted by molar-refractivity contribution is 4.86. The van der Waals surface area contributed by atoms with Crippen LogP contribution in [-0.2, 0) is 11.3 Å². The molecule has 2 aliphatic heterocycles. The molecule has 0 spiro atoms. The van der Waals surface area contributed by atoms with Gasteiger partial charge in [0.05, 0.1) is 13.2 Å². The van der Waals surface area contributed by atoms with Crippen molar-refractivity contribution >= 4 is 0 Å². The summed E-state index contributed by atoms with van der Waals surface area (Å²) in [5, 5.41) is 7.95. The van der Waals surface area contributed by atoms with Crippen LogP contribution in [0.4, 0.5) is 0 Å². The molecule has 2 aliphatic rings. The Labute approximate surface area is 120 Å². The standard InChI is InChI=1S/C14H24N4O2/c1-11-15-16-14(20-11)9-17(2)13-3-5-18(8-13)7-12-4-6-19-10-12/h12-13H,3-10H2,1-2H3/t12-,13-/m0/s1. The van der Waals surface area contributed by atoms with E-state index in [4.69, 9.17) is 9.15 Å². The third kappa shape index (κ3) is 3.37. The van der Waals surface area contributed by atoms with E-state index in [9.17, 15) is 0 Å². The van der Waals surface area contributed by atoms with Crippen LogP contribution in [0, 0.1) is 12.8 Å². The van der Waals surface area contributed by atoms with Gasteiger partial charge in [-0.25, -0.2) is 0 Å². The third-order valence-electron chi connectivity index (χ3n) is 4.36. The molecule has 112 valence electrons. The fourth-order valence-corrected chi connectivity index (χ4v) is 3.17. The highest BCUT2D eigenvalue weighted by Gasteiger charge is 2.29. The summed E-state index contributed by atoms with van der Waals surface area (Å²) < 4.78 is 10.9. The SMILES string of the molecule is Cc1nnc(CN(C)[C@H]2CCN(C[C@@H]3CCOC3)C2)o1. The minimum atomic E-state index is 0.588. The molecule has 0 radical (unpaired) electrons. The fourth-order valence-electron chi connectivity index (χ4n) is 3.17. The molecule has 0 amide bonds. The maximum absolute atomic E-state index is 5.46. The van der Waals surface area contributed by atoms with Crippen LogP contribution in [0.5, 0.6) is 0 Å². The van der Waals surface area contributed by atoms with E-state index in [1.165, 1.54) is 25.9 Å². The quantitative estimate of drug-likeness (QED) is 0.799. The average molecular weight is 280 g/mol. The van der Waals surface area contributed by atoms with Crippen molar-refractivity contribution in [2.45, 2.75) is 32.4 Å². The Bertz CT molecular complexity index is 431. The zero-order chi connectivity index (χ0) is 13.9. The van der Waals surface area contributed by atoms with Crippen LogP contribution >= 0.6 is 0 Å². The number of aromatic nitrogens is 2. The topological polar surface area (TPSA) is 54.6 Å². The second-order valence-corrected chi connectivity index (χ2v) is 6.06. The second-order valence-electron chi connectivity index (χ2n) is 6.06. The molecule has 0 N–H and O–H groups in total. The Balaban J connectivity index is 1.46. The number of hydrogen-bond acceptors (Lipinski definition) is 6. The Kier molecular flexibility index (Phi) is 4.33. The first-order chi connectivity index (χ1) is 9.70. The van der Waals surface area contributed by atoms with Gasteiger partial charge in [-0.05, 0) is 32.4 Å². The van der Waals surface area contributed by atoms with Crippen LogP contribution in [0.15, 0.2) is 4.42 Å². The molecule has 1 aromatic heterocycles. The van der Waals surface area contributed by atoms with Crippen molar-refractivity contribution in [1.29, 1.82) is 0 Å². The van der Waals surface area contributed by atoms with E-state index in [2.05, 4.69) is 27.0 Å². The van der Waals surface area contributed by atoms with Crippen molar-refractivity contribution in [3.05, 3.63) is 11.8 Å². The summed E-state index contributed by atoms with van der Waals surface area (Å²) in [4.78, 5) is 4.90. The molecular weight excluding hydrogens is 256 g/mol. The summed E-state index contributed by atoms with van der Waals surface area (Å²) in [6.07, 6.45) is 2.44. The second kappa shape index (κ2) is 6.20. The average Bonchev–Trinajstić information content (AvgIpc) is 3.12. The molecule has 6 nitrogen and oxygen atoms in total. The lowest BCUT2D eigenvalue weighted by Gasteiger charge is -2.24. The first kappa shape index (κ1) is 14.0. The van der Waals surface area contributed by atoms with Gasteiger partial charge in [0, 0.05) is 32.7 Å². The third-order valence-corrected chi connectivity index (χ3v) is 4.36. The van der Waals surface area contributed by atoms with E-state index < -0.39 is 0 Å². The molecule has 0 bridgehead atoms. The zero-order valence-electron chi connectivity index (χ0n) is 12.4. The van der Waals surface area contributed by atoms with E-state index in [1.54, 1.807) is 0 Å². The Morgan fingerprint density at radius 1 is 1.35 bits per heavy atom. The number of rotatable bonds is 5. The number of likely N-dealkylation sites (N-methyl/N-ethyl adjacent to an activating group) is 1. The smallest absolute Gasteiger partial charge is 0.230 e. The molecule has 6 heteroatoms. The van der Waals surface area contributed by atoms with Gasteiger partial charge in [-0.1, -0.05) is 0 Å². The maximum Gasteiger partial charge on any atom is 0.230 e. The van der Waals surface area contributed by atoms with Gasteiger partial charge in [-0.2, -0.15) is 0 Å². The van der Waals surface area contributed by atoms with Crippen LogP contribution in [0.2, 0.25) is 0 Å². The lowest BCUT2D eigenvalue weighted by molar-refractivity contribution is 0.167. The largest absolute Gasteiger partial charge is 0.424 e. The van der Waals surface area contributed by atoms with Crippen LogP contribution in [-0.4, -0.2) is 65.9 Å². The maximum atomic E-state index is 5.46.